The molecule has 3 nitrogen and oxygen atoms in total. The normalized spacial score (nSPS) is 15.2. The van der Waals surface area contributed by atoms with Gasteiger partial charge in [0.1, 0.15) is 0 Å². The van der Waals surface area contributed by atoms with Crippen LogP contribution in [0.1, 0.15) is 5.56 Å². The topological polar surface area (TPSA) is 36.4 Å². The van der Waals surface area contributed by atoms with Crippen molar-refractivity contribution in [2.75, 3.05) is 10.6 Å². The zero-order valence-corrected chi connectivity index (χ0v) is 13.4. The minimum absolute atomic E-state index is 0.409. The Morgan fingerprint density at radius 3 is 2.95 bits per heavy atom. The van der Waals surface area contributed by atoms with E-state index in [-0.39, 0.29) is 0 Å². The first-order valence-electron chi connectivity index (χ1n) is 6.34. The molecule has 6 heteroatoms. The summed E-state index contributed by atoms with van der Waals surface area (Å²) >= 11 is 12.8. The molecule has 0 fully saturated rings. The Labute approximate surface area is 137 Å². The summed E-state index contributed by atoms with van der Waals surface area (Å²) in [5, 5.41) is 8.21. The molecule has 2 aromatic carbocycles. The van der Waals surface area contributed by atoms with Gasteiger partial charge in [0.05, 0.1) is 0 Å². The molecule has 0 saturated heterocycles. The molecule has 0 radical (unpaired) electrons. The van der Waals surface area contributed by atoms with Gasteiger partial charge in [0, 0.05) is 22.2 Å². The number of nitrogens with zero attached hydrogens (tertiary/aromatic N) is 1. The van der Waals surface area contributed by atoms with Crippen LogP contribution in [-0.4, -0.2) is 10.3 Å². The number of hydrogen-bond acceptors (Lipinski definition) is 2. The molecular weight excluding hydrogens is 322 g/mol. The summed E-state index contributed by atoms with van der Waals surface area (Å²) in [4.78, 5) is 4.41. The Morgan fingerprint density at radius 2 is 2.10 bits per heavy atom. The molecule has 1 aliphatic rings. The number of anilines is 2. The van der Waals surface area contributed by atoms with Gasteiger partial charge >= 0.3 is 0 Å². The van der Waals surface area contributed by atoms with Gasteiger partial charge in [-0.05, 0) is 42.0 Å². The van der Waals surface area contributed by atoms with Crippen LogP contribution in [0, 0.1) is 0 Å². The molecule has 0 aliphatic carbocycles. The molecule has 0 atom stereocenters. The standard InChI is InChI=1S/C15H12ClN3S2/c16-11-5-3-6-12(8-11)17-14(20)19-15-18-13-7-2-1-4-10(13)9-21-15/h1-8H,9H2,(H2,17,18,19,20). The van der Waals surface area contributed by atoms with Crippen molar-refractivity contribution in [3.05, 3.63) is 59.1 Å². The molecule has 1 heterocycles. The minimum Gasteiger partial charge on any atom is -0.334 e. The highest BCUT2D eigenvalue weighted by atomic mass is 35.5. The van der Waals surface area contributed by atoms with Crippen LogP contribution in [0.3, 0.4) is 0 Å². The molecule has 3 rings (SSSR count). The lowest BCUT2D eigenvalue weighted by atomic mass is 10.2. The summed E-state index contributed by atoms with van der Waals surface area (Å²) in [5.41, 5.74) is 3.19. The number of aliphatic imine (C=N–C) groups is 1. The number of hydrogen-bond donors (Lipinski definition) is 2. The molecule has 21 heavy (non-hydrogen) atoms. The third kappa shape index (κ3) is 3.75. The second kappa shape index (κ2) is 6.47. The lowest BCUT2D eigenvalue weighted by Gasteiger charge is -2.19. The molecule has 106 valence electrons. The summed E-state index contributed by atoms with van der Waals surface area (Å²) < 4.78 is 0. The molecule has 0 unspecified atom stereocenters. The van der Waals surface area contributed by atoms with Crippen LogP contribution in [0.5, 0.6) is 0 Å². The first-order valence-corrected chi connectivity index (χ1v) is 8.11. The van der Waals surface area contributed by atoms with Crippen LogP contribution in [-0.2, 0) is 5.75 Å². The van der Waals surface area contributed by atoms with E-state index < -0.39 is 0 Å². The second-order valence-corrected chi connectivity index (χ2v) is 6.22. The lowest BCUT2D eigenvalue weighted by Crippen LogP contribution is -2.18. The van der Waals surface area contributed by atoms with Crippen LogP contribution < -0.4 is 10.6 Å². The van der Waals surface area contributed by atoms with Gasteiger partial charge in [-0.2, -0.15) is 4.99 Å². The number of thioether (sulfide) groups is 1. The number of halogens is 1. The van der Waals surface area contributed by atoms with Gasteiger partial charge in [-0.15, -0.1) is 0 Å². The van der Waals surface area contributed by atoms with Gasteiger partial charge in [-0.1, -0.05) is 47.6 Å². The van der Waals surface area contributed by atoms with Crippen molar-refractivity contribution in [2.24, 2.45) is 4.99 Å². The predicted molar refractivity (Wildman–Crippen MR) is 96.5 cm³/mol. The minimum atomic E-state index is 0.409. The van der Waals surface area contributed by atoms with Gasteiger partial charge < -0.3 is 10.6 Å². The third-order valence-electron chi connectivity index (χ3n) is 2.90. The number of para-hydroxylation sites is 1. The van der Waals surface area contributed by atoms with Gasteiger partial charge in [0.25, 0.3) is 0 Å². The Bertz CT molecular complexity index is 716. The summed E-state index contributed by atoms with van der Waals surface area (Å²) in [6, 6.07) is 15.6. The zero-order valence-electron chi connectivity index (χ0n) is 11.0. The Morgan fingerprint density at radius 1 is 1.24 bits per heavy atom. The predicted octanol–water partition coefficient (Wildman–Crippen LogP) is 4.75. The molecule has 0 spiro atoms. The Balaban J connectivity index is 1.70. The van der Waals surface area contributed by atoms with E-state index in [2.05, 4.69) is 21.7 Å². The fraction of sp³-hybridized carbons (Fsp3) is 0.0667. The van der Waals surface area contributed by atoms with E-state index in [4.69, 9.17) is 23.8 Å². The molecule has 0 saturated carbocycles. The van der Waals surface area contributed by atoms with Crippen LogP contribution in [0.2, 0.25) is 5.02 Å². The number of nitrogens with one attached hydrogen (secondary N) is 2. The van der Waals surface area contributed by atoms with Crippen molar-refractivity contribution in [1.82, 2.24) is 0 Å². The lowest BCUT2D eigenvalue weighted by molar-refractivity contribution is 1.39. The molecule has 0 bridgehead atoms. The van der Waals surface area contributed by atoms with E-state index in [1.54, 1.807) is 11.8 Å². The maximum absolute atomic E-state index is 5.94. The Hall–Kier alpha value is -1.56. The van der Waals surface area contributed by atoms with Crippen LogP contribution >= 0.6 is 35.6 Å². The number of benzene rings is 2. The fourth-order valence-electron chi connectivity index (χ4n) is 1.94. The van der Waals surface area contributed by atoms with Crippen molar-refractivity contribution in [1.29, 1.82) is 0 Å². The maximum atomic E-state index is 5.94. The van der Waals surface area contributed by atoms with E-state index in [1.165, 1.54) is 5.56 Å². The van der Waals surface area contributed by atoms with Crippen molar-refractivity contribution < 1.29 is 0 Å². The van der Waals surface area contributed by atoms with Gasteiger partial charge in [0.15, 0.2) is 10.3 Å². The van der Waals surface area contributed by atoms with E-state index in [9.17, 15) is 0 Å². The van der Waals surface area contributed by atoms with E-state index >= 15 is 0 Å². The monoisotopic (exact) mass is 333 g/mol. The van der Waals surface area contributed by atoms with Crippen LogP contribution in [0.4, 0.5) is 11.4 Å². The van der Waals surface area contributed by atoms with E-state index in [1.807, 2.05) is 42.5 Å². The highest BCUT2D eigenvalue weighted by Crippen LogP contribution is 2.28. The van der Waals surface area contributed by atoms with Crippen molar-refractivity contribution in [3.63, 3.8) is 0 Å². The third-order valence-corrected chi connectivity index (χ3v) is 4.25. The summed E-state index contributed by atoms with van der Waals surface area (Å²) in [6.07, 6.45) is 0. The smallest absolute Gasteiger partial charge is 0.199 e. The van der Waals surface area contributed by atoms with Crippen molar-refractivity contribution in [2.45, 2.75) is 5.75 Å². The Kier molecular flexibility index (Phi) is 4.43. The molecule has 0 aromatic heterocycles. The van der Waals surface area contributed by atoms with E-state index in [0.29, 0.717) is 10.1 Å². The summed E-state index contributed by atoms with van der Waals surface area (Å²) in [6.45, 7) is 0. The van der Waals surface area contributed by atoms with Crippen molar-refractivity contribution in [3.8, 4) is 0 Å². The average Bonchev–Trinajstić information content (AvgIpc) is 2.47. The maximum Gasteiger partial charge on any atom is 0.199 e. The number of thiocarbonyl (C=S) groups is 1. The fourth-order valence-corrected chi connectivity index (χ4v) is 3.27. The highest BCUT2D eigenvalue weighted by Gasteiger charge is 2.13. The molecule has 2 aromatic rings. The van der Waals surface area contributed by atoms with Gasteiger partial charge in [-0.25, -0.2) is 0 Å². The number of fused-ring (bicyclic) bond motifs is 1. The summed E-state index contributed by atoms with van der Waals surface area (Å²) in [7, 11) is 0. The average molecular weight is 334 g/mol. The first kappa shape index (κ1) is 14.4. The largest absolute Gasteiger partial charge is 0.334 e. The zero-order chi connectivity index (χ0) is 14.7. The molecule has 1 aliphatic heterocycles. The second-order valence-electron chi connectivity index (χ2n) is 4.43. The highest BCUT2D eigenvalue weighted by molar-refractivity contribution is 8.13. The summed E-state index contributed by atoms with van der Waals surface area (Å²) in [5.74, 6) is 0.891. The number of amidine groups is 1. The first-order chi connectivity index (χ1) is 10.2. The van der Waals surface area contributed by atoms with Crippen molar-refractivity contribution >= 4 is 57.2 Å². The quantitative estimate of drug-likeness (QED) is 0.738. The number of rotatable bonds is 1. The molecule has 0 amide bonds. The van der Waals surface area contributed by atoms with Gasteiger partial charge in [0.2, 0.25) is 0 Å². The molecular formula is C15H12ClN3S2. The van der Waals surface area contributed by atoms with Gasteiger partial charge in [-0.3, -0.25) is 0 Å². The van der Waals surface area contributed by atoms with E-state index in [0.717, 1.165) is 22.3 Å². The van der Waals surface area contributed by atoms with Crippen LogP contribution in [0.25, 0.3) is 0 Å². The SMILES string of the molecule is S=C(/N=C1\Nc2ccccc2CS1)Nc1cccc(Cl)c1. The van der Waals surface area contributed by atoms with Crippen LogP contribution in [0.15, 0.2) is 53.5 Å². The molecule has 2 N–H and O–H groups in total.